The first kappa shape index (κ1) is 21.2. The lowest BCUT2D eigenvalue weighted by atomic mass is 10.0. The number of halogens is 1. The molecule has 8 nitrogen and oxygen atoms in total. The topological polar surface area (TPSA) is 79.1 Å². The lowest BCUT2D eigenvalue weighted by Gasteiger charge is -2.35. The Labute approximate surface area is 181 Å². The number of nitrogens with one attached hydrogen (secondary N) is 2. The third-order valence-electron chi connectivity index (χ3n) is 5.31. The fourth-order valence-corrected chi connectivity index (χ4v) is 3.72. The highest BCUT2D eigenvalue weighted by molar-refractivity contribution is 5.79. The summed E-state index contributed by atoms with van der Waals surface area (Å²) in [7, 11) is 0. The van der Waals surface area contributed by atoms with Crippen molar-refractivity contribution in [3.05, 3.63) is 65.9 Å². The minimum absolute atomic E-state index is 0.0854. The van der Waals surface area contributed by atoms with Gasteiger partial charge in [-0.05, 0) is 36.8 Å². The highest BCUT2D eigenvalue weighted by Crippen LogP contribution is 2.21. The van der Waals surface area contributed by atoms with Crippen LogP contribution in [0, 0.1) is 5.82 Å². The molecule has 0 aliphatic carbocycles. The van der Waals surface area contributed by atoms with Crippen molar-refractivity contribution in [1.82, 2.24) is 30.1 Å². The van der Waals surface area contributed by atoms with E-state index < -0.39 is 0 Å². The van der Waals surface area contributed by atoms with Crippen LogP contribution in [0.1, 0.15) is 24.4 Å². The van der Waals surface area contributed by atoms with E-state index in [9.17, 15) is 4.39 Å². The summed E-state index contributed by atoms with van der Waals surface area (Å²) in [6.07, 6.45) is 1.93. The molecule has 3 heterocycles. The fourth-order valence-electron chi connectivity index (χ4n) is 3.72. The average molecular weight is 426 g/mol. The zero-order chi connectivity index (χ0) is 21.5. The van der Waals surface area contributed by atoms with Crippen LogP contribution in [0.3, 0.4) is 0 Å². The van der Waals surface area contributed by atoms with Gasteiger partial charge in [0.1, 0.15) is 12.4 Å². The first-order valence-corrected chi connectivity index (χ1v) is 10.6. The summed E-state index contributed by atoms with van der Waals surface area (Å²) in [5, 5.41) is 15.2. The third kappa shape index (κ3) is 5.36. The van der Waals surface area contributed by atoms with E-state index in [2.05, 4.69) is 25.7 Å². The second-order valence-corrected chi connectivity index (χ2v) is 7.34. The summed E-state index contributed by atoms with van der Waals surface area (Å²) in [5.74, 6) is 1.25. The Morgan fingerprint density at radius 2 is 1.94 bits per heavy atom. The molecule has 2 N–H and O–H groups in total. The summed E-state index contributed by atoms with van der Waals surface area (Å²) >= 11 is 0. The molecule has 1 aliphatic heterocycles. The van der Waals surface area contributed by atoms with E-state index in [1.165, 1.54) is 12.1 Å². The molecule has 1 fully saturated rings. The molecule has 0 bridgehead atoms. The maximum Gasteiger partial charge on any atom is 0.191 e. The van der Waals surface area contributed by atoms with Gasteiger partial charge in [0.05, 0.1) is 19.3 Å². The molecule has 164 valence electrons. The van der Waals surface area contributed by atoms with Crippen molar-refractivity contribution in [2.75, 3.05) is 39.4 Å². The number of rotatable bonds is 7. The van der Waals surface area contributed by atoms with Gasteiger partial charge < -0.3 is 15.4 Å². The molecule has 9 heteroatoms. The first-order chi connectivity index (χ1) is 15.2. The number of pyridine rings is 1. The van der Waals surface area contributed by atoms with Crippen molar-refractivity contribution in [1.29, 1.82) is 0 Å². The van der Waals surface area contributed by atoms with Gasteiger partial charge in [0, 0.05) is 32.4 Å². The Balaban J connectivity index is 1.48. The van der Waals surface area contributed by atoms with E-state index in [0.717, 1.165) is 36.7 Å². The van der Waals surface area contributed by atoms with Crippen molar-refractivity contribution in [3.8, 4) is 0 Å². The summed E-state index contributed by atoms with van der Waals surface area (Å²) in [4.78, 5) is 7.06. The van der Waals surface area contributed by atoms with Crippen LogP contribution >= 0.6 is 0 Å². The molecule has 1 aromatic carbocycles. The van der Waals surface area contributed by atoms with Crippen LogP contribution in [0.25, 0.3) is 5.65 Å². The molecule has 0 saturated carbocycles. The molecule has 0 radical (unpaired) electrons. The lowest BCUT2D eigenvalue weighted by Crippen LogP contribution is -2.46. The number of hydrogen-bond donors (Lipinski definition) is 2. The number of hydrogen-bond acceptors (Lipinski definition) is 5. The van der Waals surface area contributed by atoms with E-state index >= 15 is 0 Å². The highest BCUT2D eigenvalue weighted by atomic mass is 19.1. The molecule has 3 aromatic rings. The molecule has 1 aliphatic rings. The maximum atomic E-state index is 13.5. The largest absolute Gasteiger partial charge is 0.379 e. The number of aromatic nitrogens is 3. The van der Waals surface area contributed by atoms with Gasteiger partial charge in [0.25, 0.3) is 0 Å². The molecular weight excluding hydrogens is 397 g/mol. The highest BCUT2D eigenvalue weighted by Gasteiger charge is 2.23. The minimum Gasteiger partial charge on any atom is -0.379 e. The van der Waals surface area contributed by atoms with Gasteiger partial charge in [-0.1, -0.05) is 18.2 Å². The molecule has 0 spiro atoms. The number of morpholine rings is 1. The number of guanidine groups is 1. The zero-order valence-electron chi connectivity index (χ0n) is 17.7. The fraction of sp³-hybridized carbons (Fsp3) is 0.409. The third-order valence-corrected chi connectivity index (χ3v) is 5.31. The Morgan fingerprint density at radius 1 is 1.13 bits per heavy atom. The summed E-state index contributed by atoms with van der Waals surface area (Å²) < 4.78 is 20.9. The normalized spacial score (nSPS) is 16.4. The molecule has 1 saturated heterocycles. The van der Waals surface area contributed by atoms with Gasteiger partial charge in [0.2, 0.25) is 0 Å². The molecule has 31 heavy (non-hydrogen) atoms. The average Bonchev–Trinajstić information content (AvgIpc) is 3.22. The number of aliphatic imine (C=N–C) groups is 1. The summed E-state index contributed by atoms with van der Waals surface area (Å²) in [5.41, 5.74) is 1.87. The van der Waals surface area contributed by atoms with Crippen LogP contribution in [0.5, 0.6) is 0 Å². The van der Waals surface area contributed by atoms with Crippen LogP contribution < -0.4 is 10.6 Å². The number of nitrogens with zero attached hydrogens (tertiary/aromatic N) is 5. The van der Waals surface area contributed by atoms with Gasteiger partial charge in [-0.2, -0.15) is 0 Å². The van der Waals surface area contributed by atoms with E-state index in [0.29, 0.717) is 32.3 Å². The second-order valence-electron chi connectivity index (χ2n) is 7.34. The van der Waals surface area contributed by atoms with E-state index in [-0.39, 0.29) is 11.9 Å². The predicted molar refractivity (Wildman–Crippen MR) is 117 cm³/mol. The Bertz CT molecular complexity index is 999. The van der Waals surface area contributed by atoms with Crippen molar-refractivity contribution < 1.29 is 9.13 Å². The Hall–Kier alpha value is -3.04. The Morgan fingerprint density at radius 3 is 2.71 bits per heavy atom. The standard InChI is InChI=1S/C22H28FN7O/c1-2-24-22(26-16-21-28-27-20-5-3-4-10-30(20)21)25-15-19(29-11-13-31-14-12-29)17-6-8-18(23)9-7-17/h3-10,19H,2,11-16H2,1H3,(H2,24,25,26). The van der Waals surface area contributed by atoms with Crippen molar-refractivity contribution in [2.24, 2.45) is 4.99 Å². The van der Waals surface area contributed by atoms with Crippen LogP contribution in [-0.4, -0.2) is 64.9 Å². The Kier molecular flexibility index (Phi) is 7.06. The maximum absolute atomic E-state index is 13.5. The van der Waals surface area contributed by atoms with Crippen molar-refractivity contribution >= 4 is 11.6 Å². The zero-order valence-corrected chi connectivity index (χ0v) is 17.7. The van der Waals surface area contributed by atoms with Gasteiger partial charge in [-0.15, -0.1) is 10.2 Å². The molecule has 0 amide bonds. The molecule has 2 aromatic heterocycles. The van der Waals surface area contributed by atoms with Gasteiger partial charge in [-0.3, -0.25) is 9.30 Å². The smallest absolute Gasteiger partial charge is 0.191 e. The van der Waals surface area contributed by atoms with Crippen LogP contribution in [0.4, 0.5) is 4.39 Å². The van der Waals surface area contributed by atoms with Crippen LogP contribution in [0.15, 0.2) is 53.7 Å². The SMILES string of the molecule is CCNC(=NCc1nnc2ccccn12)NCC(c1ccc(F)cc1)N1CCOCC1. The number of benzene rings is 1. The van der Waals surface area contributed by atoms with Crippen LogP contribution in [-0.2, 0) is 11.3 Å². The van der Waals surface area contributed by atoms with Gasteiger partial charge in [0.15, 0.2) is 17.4 Å². The molecule has 1 atom stereocenters. The number of fused-ring (bicyclic) bond motifs is 1. The van der Waals surface area contributed by atoms with E-state index in [4.69, 9.17) is 9.73 Å². The minimum atomic E-state index is -0.229. The second kappa shape index (κ2) is 10.3. The number of ether oxygens (including phenoxy) is 1. The lowest BCUT2D eigenvalue weighted by molar-refractivity contribution is 0.0170. The van der Waals surface area contributed by atoms with E-state index in [1.807, 2.05) is 47.9 Å². The van der Waals surface area contributed by atoms with Gasteiger partial charge in [-0.25, -0.2) is 9.38 Å². The summed E-state index contributed by atoms with van der Waals surface area (Å²) in [6, 6.07) is 12.6. The molecule has 1 unspecified atom stereocenters. The molecular formula is C22H28FN7O. The van der Waals surface area contributed by atoms with E-state index in [1.54, 1.807) is 0 Å². The summed E-state index contributed by atoms with van der Waals surface area (Å²) in [6.45, 7) is 6.88. The first-order valence-electron chi connectivity index (χ1n) is 10.6. The van der Waals surface area contributed by atoms with Gasteiger partial charge >= 0.3 is 0 Å². The van der Waals surface area contributed by atoms with Crippen molar-refractivity contribution in [2.45, 2.75) is 19.5 Å². The molecule has 4 rings (SSSR count). The monoisotopic (exact) mass is 425 g/mol. The van der Waals surface area contributed by atoms with Crippen LogP contribution in [0.2, 0.25) is 0 Å². The quantitative estimate of drug-likeness (QED) is 0.445. The predicted octanol–water partition coefficient (Wildman–Crippen LogP) is 2.00. The van der Waals surface area contributed by atoms with Crippen molar-refractivity contribution in [3.63, 3.8) is 0 Å².